The third-order valence-electron chi connectivity index (χ3n) is 2.42. The van der Waals surface area contributed by atoms with Crippen molar-refractivity contribution in [3.05, 3.63) is 45.0 Å². The fourth-order valence-electron chi connectivity index (χ4n) is 1.86. The molecule has 3 rings (SSSR count). The molecule has 1 aromatic carbocycles. The normalized spacial score (nSPS) is 29.4. The number of benzene rings is 1. The van der Waals surface area contributed by atoms with Gasteiger partial charge in [0, 0.05) is 3.57 Å². The molecule has 0 aromatic heterocycles. The fourth-order valence-corrected chi connectivity index (χ4v) is 2.37. The summed E-state index contributed by atoms with van der Waals surface area (Å²) in [5.74, 6) is 0. The Labute approximate surface area is 84.6 Å². The van der Waals surface area contributed by atoms with E-state index >= 15 is 0 Å². The molecule has 0 saturated heterocycles. The Morgan fingerprint density at radius 1 is 1.08 bits per heavy atom. The van der Waals surface area contributed by atoms with Gasteiger partial charge in [0.25, 0.3) is 0 Å². The van der Waals surface area contributed by atoms with Gasteiger partial charge >= 0.3 is 0 Å². The molecule has 0 spiro atoms. The van der Waals surface area contributed by atoms with E-state index in [0.717, 1.165) is 0 Å². The van der Waals surface area contributed by atoms with Crippen LogP contribution in [0.1, 0.15) is 23.3 Å². The SMILES string of the molecule is Ic1ccc2c(c1)C1C=CC2O1. The van der Waals surface area contributed by atoms with E-state index in [1.807, 2.05) is 0 Å². The second-order valence-corrected chi connectivity index (χ2v) is 4.38. The van der Waals surface area contributed by atoms with E-state index in [1.165, 1.54) is 14.7 Å². The fraction of sp³-hybridized carbons (Fsp3) is 0.200. The van der Waals surface area contributed by atoms with Crippen LogP contribution in [0.3, 0.4) is 0 Å². The monoisotopic (exact) mass is 270 g/mol. The third kappa shape index (κ3) is 0.821. The molecule has 12 heavy (non-hydrogen) atoms. The van der Waals surface area contributed by atoms with Crippen LogP contribution in [0.15, 0.2) is 30.4 Å². The average Bonchev–Trinajstić information content (AvgIpc) is 2.63. The van der Waals surface area contributed by atoms with Crippen molar-refractivity contribution in [2.75, 3.05) is 0 Å². The molecule has 0 radical (unpaired) electrons. The van der Waals surface area contributed by atoms with Gasteiger partial charge in [-0.25, -0.2) is 0 Å². The minimum atomic E-state index is 0.236. The molecule has 0 N–H and O–H groups in total. The smallest absolute Gasteiger partial charge is 0.102 e. The standard InChI is InChI=1S/C10H7IO/c11-6-1-2-7-8(5-6)10-4-3-9(7)12-10/h1-5,9-10H. The molecular formula is C10H7IO. The number of ether oxygens (including phenoxy) is 1. The Morgan fingerprint density at radius 3 is 2.67 bits per heavy atom. The van der Waals surface area contributed by atoms with Crippen LogP contribution in [-0.2, 0) is 4.74 Å². The number of rotatable bonds is 0. The van der Waals surface area contributed by atoms with Gasteiger partial charge in [-0.2, -0.15) is 0 Å². The number of hydrogen-bond acceptors (Lipinski definition) is 1. The molecule has 2 heterocycles. The summed E-state index contributed by atoms with van der Waals surface area (Å²) in [6, 6.07) is 6.52. The average molecular weight is 270 g/mol. The summed E-state index contributed by atoms with van der Waals surface area (Å²) in [6.07, 6.45) is 4.75. The number of halogens is 1. The minimum Gasteiger partial charge on any atom is -0.357 e. The summed E-state index contributed by atoms with van der Waals surface area (Å²) in [4.78, 5) is 0. The Balaban J connectivity index is 2.24. The van der Waals surface area contributed by atoms with Gasteiger partial charge in [-0.3, -0.25) is 0 Å². The van der Waals surface area contributed by atoms with Crippen LogP contribution in [0.4, 0.5) is 0 Å². The van der Waals surface area contributed by atoms with Gasteiger partial charge in [-0.1, -0.05) is 18.2 Å². The van der Waals surface area contributed by atoms with Gasteiger partial charge in [0.05, 0.1) is 0 Å². The Hall–Kier alpha value is -0.350. The summed E-state index contributed by atoms with van der Waals surface area (Å²) >= 11 is 2.33. The zero-order valence-corrected chi connectivity index (χ0v) is 8.49. The van der Waals surface area contributed by atoms with Crippen molar-refractivity contribution in [3.8, 4) is 0 Å². The highest BCUT2D eigenvalue weighted by Gasteiger charge is 2.33. The molecule has 0 amide bonds. The lowest BCUT2D eigenvalue weighted by Crippen LogP contribution is -1.92. The number of fused-ring (bicyclic) bond motifs is 5. The van der Waals surface area contributed by atoms with Crippen molar-refractivity contribution in [3.63, 3.8) is 0 Å². The van der Waals surface area contributed by atoms with Gasteiger partial charge in [0.2, 0.25) is 0 Å². The van der Waals surface area contributed by atoms with Crippen molar-refractivity contribution >= 4 is 22.6 Å². The van der Waals surface area contributed by atoms with Crippen LogP contribution < -0.4 is 0 Å². The van der Waals surface area contributed by atoms with Gasteiger partial charge in [-0.05, 0) is 45.9 Å². The first-order valence-electron chi connectivity index (χ1n) is 3.98. The van der Waals surface area contributed by atoms with Crippen LogP contribution in [0, 0.1) is 3.57 Å². The molecule has 1 nitrogen and oxygen atoms in total. The van der Waals surface area contributed by atoms with E-state index in [-0.39, 0.29) is 12.2 Å². The van der Waals surface area contributed by atoms with Crippen LogP contribution in [0.5, 0.6) is 0 Å². The lowest BCUT2D eigenvalue weighted by Gasteiger charge is -2.05. The van der Waals surface area contributed by atoms with Crippen LogP contribution in [0.2, 0.25) is 0 Å². The summed E-state index contributed by atoms with van der Waals surface area (Å²) in [5, 5.41) is 0. The minimum absolute atomic E-state index is 0.236. The predicted octanol–water partition coefficient (Wildman–Crippen LogP) is 2.97. The summed E-state index contributed by atoms with van der Waals surface area (Å²) in [7, 11) is 0. The molecule has 0 fully saturated rings. The van der Waals surface area contributed by atoms with Crippen molar-refractivity contribution in [1.29, 1.82) is 0 Å². The predicted molar refractivity (Wildman–Crippen MR) is 54.9 cm³/mol. The van der Waals surface area contributed by atoms with Crippen molar-refractivity contribution in [2.24, 2.45) is 0 Å². The summed E-state index contributed by atoms with van der Waals surface area (Å²) in [5.41, 5.74) is 2.71. The highest BCUT2D eigenvalue weighted by Crippen LogP contribution is 2.45. The highest BCUT2D eigenvalue weighted by molar-refractivity contribution is 14.1. The Bertz CT molecular complexity index is 370. The first-order chi connectivity index (χ1) is 5.84. The first-order valence-corrected chi connectivity index (χ1v) is 5.05. The first kappa shape index (κ1) is 7.09. The maximum atomic E-state index is 5.68. The van der Waals surface area contributed by atoms with Crippen molar-refractivity contribution < 1.29 is 4.74 Å². The largest absolute Gasteiger partial charge is 0.357 e. The summed E-state index contributed by atoms with van der Waals surface area (Å²) < 4.78 is 6.97. The zero-order valence-electron chi connectivity index (χ0n) is 6.33. The van der Waals surface area contributed by atoms with E-state index in [2.05, 4.69) is 52.9 Å². The number of hydrogen-bond donors (Lipinski definition) is 0. The zero-order chi connectivity index (χ0) is 8.13. The van der Waals surface area contributed by atoms with Crippen LogP contribution in [0.25, 0.3) is 0 Å². The molecule has 1 aromatic rings. The third-order valence-corrected chi connectivity index (χ3v) is 3.09. The van der Waals surface area contributed by atoms with Crippen LogP contribution >= 0.6 is 22.6 Å². The van der Waals surface area contributed by atoms with Gasteiger partial charge in [0.15, 0.2) is 0 Å². The molecule has 2 aliphatic rings. The second-order valence-electron chi connectivity index (χ2n) is 3.14. The lowest BCUT2D eigenvalue weighted by molar-refractivity contribution is 0.0878. The van der Waals surface area contributed by atoms with Crippen molar-refractivity contribution in [2.45, 2.75) is 12.2 Å². The Morgan fingerprint density at radius 2 is 1.83 bits per heavy atom. The van der Waals surface area contributed by atoms with E-state index in [4.69, 9.17) is 4.74 Å². The Kier molecular flexibility index (Phi) is 1.37. The molecule has 0 saturated carbocycles. The maximum Gasteiger partial charge on any atom is 0.102 e. The van der Waals surface area contributed by atoms with Crippen molar-refractivity contribution in [1.82, 2.24) is 0 Å². The van der Waals surface area contributed by atoms with E-state index in [9.17, 15) is 0 Å². The molecule has 2 unspecified atom stereocenters. The molecule has 2 heteroatoms. The van der Waals surface area contributed by atoms with Crippen LogP contribution in [-0.4, -0.2) is 0 Å². The van der Waals surface area contributed by atoms with E-state index in [1.54, 1.807) is 0 Å². The molecule has 2 atom stereocenters. The van der Waals surface area contributed by atoms with Gasteiger partial charge < -0.3 is 4.74 Å². The quantitative estimate of drug-likeness (QED) is 0.520. The molecular weight excluding hydrogens is 263 g/mol. The topological polar surface area (TPSA) is 9.23 Å². The van der Waals surface area contributed by atoms with E-state index < -0.39 is 0 Å². The lowest BCUT2D eigenvalue weighted by atomic mass is 9.97. The summed E-state index contributed by atoms with van der Waals surface area (Å²) in [6.45, 7) is 0. The molecule has 2 bridgehead atoms. The van der Waals surface area contributed by atoms with E-state index in [0.29, 0.717) is 0 Å². The van der Waals surface area contributed by atoms with Gasteiger partial charge in [-0.15, -0.1) is 0 Å². The molecule has 60 valence electrons. The second kappa shape index (κ2) is 2.33. The molecule has 2 aliphatic heterocycles. The van der Waals surface area contributed by atoms with Gasteiger partial charge in [0.1, 0.15) is 12.2 Å². The molecule has 0 aliphatic carbocycles. The highest BCUT2D eigenvalue weighted by atomic mass is 127. The maximum absolute atomic E-state index is 5.68.